The lowest BCUT2D eigenvalue weighted by Crippen LogP contribution is -2.34. The zero-order chi connectivity index (χ0) is 16.7. The van der Waals surface area contributed by atoms with Crippen molar-refractivity contribution in [2.45, 2.75) is 0 Å². The van der Waals surface area contributed by atoms with Crippen molar-refractivity contribution in [1.82, 2.24) is 19.7 Å². The third-order valence-electron chi connectivity index (χ3n) is 3.81. The van der Waals surface area contributed by atoms with Gasteiger partial charge in [0.2, 0.25) is 5.82 Å². The first-order valence-corrected chi connectivity index (χ1v) is 7.26. The second kappa shape index (κ2) is 5.31. The lowest BCUT2D eigenvalue weighted by Gasteiger charge is -2.04. The van der Waals surface area contributed by atoms with Crippen LogP contribution in [0.25, 0.3) is 33.9 Å². The average Bonchev–Trinajstić information content (AvgIpc) is 3.10. The Balaban J connectivity index is 1.83. The number of fused-ring (bicyclic) bond motifs is 1. The number of nitrogens with one attached hydrogen (secondary N) is 1. The van der Waals surface area contributed by atoms with Gasteiger partial charge in [-0.15, -0.1) is 0 Å². The first-order chi connectivity index (χ1) is 11.6. The summed E-state index contributed by atoms with van der Waals surface area (Å²) in [6.45, 7) is 0. The summed E-state index contributed by atoms with van der Waals surface area (Å²) < 4.78 is 6.60. The van der Waals surface area contributed by atoms with Gasteiger partial charge in [-0.1, -0.05) is 23.4 Å². The van der Waals surface area contributed by atoms with Crippen LogP contribution in [0.1, 0.15) is 0 Å². The van der Waals surface area contributed by atoms with E-state index < -0.39 is 11.1 Å². The Morgan fingerprint density at radius 2 is 1.83 bits per heavy atom. The fraction of sp³-hybridized carbons (Fsp3) is 0.0588. The maximum absolute atomic E-state index is 11.7. The summed E-state index contributed by atoms with van der Waals surface area (Å²) in [6.07, 6.45) is 0. The van der Waals surface area contributed by atoms with E-state index in [-0.39, 0.29) is 0 Å². The van der Waals surface area contributed by atoms with E-state index in [1.54, 1.807) is 25.2 Å². The van der Waals surface area contributed by atoms with Crippen molar-refractivity contribution in [3.8, 4) is 22.8 Å². The molecule has 2 heterocycles. The topological polar surface area (TPSA) is 93.8 Å². The van der Waals surface area contributed by atoms with E-state index in [4.69, 9.17) is 4.52 Å². The molecule has 7 nitrogen and oxygen atoms in total. The molecular weight excluding hydrogens is 308 g/mol. The van der Waals surface area contributed by atoms with E-state index in [1.807, 2.05) is 30.3 Å². The molecule has 0 bridgehead atoms. The molecule has 0 saturated heterocycles. The van der Waals surface area contributed by atoms with Crippen LogP contribution in [0.5, 0.6) is 0 Å². The van der Waals surface area contributed by atoms with Crippen LogP contribution < -0.4 is 11.1 Å². The van der Waals surface area contributed by atoms with Crippen molar-refractivity contribution in [2.24, 2.45) is 7.05 Å². The first-order valence-electron chi connectivity index (χ1n) is 7.26. The molecule has 1 N–H and O–H groups in total. The van der Waals surface area contributed by atoms with Gasteiger partial charge in [-0.05, 0) is 30.3 Å². The van der Waals surface area contributed by atoms with Crippen molar-refractivity contribution in [1.29, 1.82) is 0 Å². The number of benzene rings is 2. The number of aromatic amines is 1. The van der Waals surface area contributed by atoms with Gasteiger partial charge in [-0.25, -0.2) is 0 Å². The predicted octanol–water partition coefficient (Wildman–Crippen LogP) is 1.94. The number of rotatable bonds is 2. The molecule has 118 valence electrons. The molecule has 7 heteroatoms. The summed E-state index contributed by atoms with van der Waals surface area (Å²) in [6, 6.07) is 14.7. The Bertz CT molecular complexity index is 1160. The standard InChI is InChI=1S/C17H12N4O3/c1-21-13-8-7-11(9-12(13)18-15(22)17(21)23)14-19-16(24-20-14)10-5-3-2-4-6-10/h2-9H,1H3,(H,18,22). The van der Waals surface area contributed by atoms with Crippen LogP contribution >= 0.6 is 0 Å². The van der Waals surface area contributed by atoms with Gasteiger partial charge in [0.25, 0.3) is 5.89 Å². The molecule has 0 amide bonds. The van der Waals surface area contributed by atoms with Gasteiger partial charge in [0.1, 0.15) is 0 Å². The van der Waals surface area contributed by atoms with Crippen molar-refractivity contribution < 1.29 is 4.52 Å². The molecule has 0 atom stereocenters. The van der Waals surface area contributed by atoms with Gasteiger partial charge in [0, 0.05) is 18.2 Å². The van der Waals surface area contributed by atoms with Crippen LogP contribution in [0.3, 0.4) is 0 Å². The fourth-order valence-electron chi connectivity index (χ4n) is 2.54. The van der Waals surface area contributed by atoms with Gasteiger partial charge < -0.3 is 14.1 Å². The van der Waals surface area contributed by atoms with Gasteiger partial charge in [0.05, 0.1) is 11.0 Å². The van der Waals surface area contributed by atoms with E-state index in [2.05, 4.69) is 15.1 Å². The smallest absolute Gasteiger partial charge is 0.316 e. The molecule has 2 aromatic heterocycles. The minimum absolute atomic E-state index is 0.408. The summed E-state index contributed by atoms with van der Waals surface area (Å²) in [4.78, 5) is 30.3. The molecular formula is C17H12N4O3. The van der Waals surface area contributed by atoms with E-state index in [9.17, 15) is 9.59 Å². The first kappa shape index (κ1) is 14.1. The summed E-state index contributed by atoms with van der Waals surface area (Å²) >= 11 is 0. The molecule has 0 spiro atoms. The molecule has 4 aromatic rings. The number of H-pyrrole nitrogens is 1. The second-order valence-corrected chi connectivity index (χ2v) is 5.34. The van der Waals surface area contributed by atoms with Crippen LogP contribution in [-0.4, -0.2) is 19.7 Å². The van der Waals surface area contributed by atoms with Crippen molar-refractivity contribution in [3.05, 3.63) is 69.2 Å². The SMILES string of the molecule is Cn1c(=O)c(=O)[nH]c2cc(-c3noc(-c4ccccc4)n3)ccc21. The molecule has 0 radical (unpaired) electrons. The number of nitrogens with zero attached hydrogens (tertiary/aromatic N) is 3. The number of aryl methyl sites for hydroxylation is 1. The summed E-state index contributed by atoms with van der Waals surface area (Å²) in [5.41, 5.74) is 1.40. The minimum Gasteiger partial charge on any atom is -0.334 e. The minimum atomic E-state index is -0.666. The van der Waals surface area contributed by atoms with Gasteiger partial charge in [-0.3, -0.25) is 9.59 Å². The second-order valence-electron chi connectivity index (χ2n) is 5.34. The van der Waals surface area contributed by atoms with E-state index in [0.717, 1.165) is 5.56 Å². The van der Waals surface area contributed by atoms with E-state index in [1.165, 1.54) is 4.57 Å². The molecule has 0 aliphatic rings. The Labute approximate surface area is 135 Å². The fourth-order valence-corrected chi connectivity index (χ4v) is 2.54. The van der Waals surface area contributed by atoms with Crippen LogP contribution in [0.2, 0.25) is 0 Å². The van der Waals surface area contributed by atoms with Crippen molar-refractivity contribution in [3.63, 3.8) is 0 Å². The molecule has 0 aliphatic heterocycles. The molecule has 24 heavy (non-hydrogen) atoms. The highest BCUT2D eigenvalue weighted by Crippen LogP contribution is 2.23. The molecule has 0 aliphatic carbocycles. The molecule has 0 saturated carbocycles. The average molecular weight is 320 g/mol. The van der Waals surface area contributed by atoms with Crippen molar-refractivity contribution in [2.75, 3.05) is 0 Å². The van der Waals surface area contributed by atoms with Crippen LogP contribution in [0.4, 0.5) is 0 Å². The van der Waals surface area contributed by atoms with E-state index >= 15 is 0 Å². The van der Waals surface area contributed by atoms with Gasteiger partial charge in [0.15, 0.2) is 0 Å². The highest BCUT2D eigenvalue weighted by Gasteiger charge is 2.12. The van der Waals surface area contributed by atoms with Crippen molar-refractivity contribution >= 4 is 11.0 Å². The third kappa shape index (κ3) is 2.23. The largest absolute Gasteiger partial charge is 0.334 e. The monoisotopic (exact) mass is 320 g/mol. The highest BCUT2D eigenvalue weighted by molar-refractivity contribution is 5.80. The van der Waals surface area contributed by atoms with Gasteiger partial charge >= 0.3 is 11.1 Å². The zero-order valence-electron chi connectivity index (χ0n) is 12.7. The summed E-state index contributed by atoms with van der Waals surface area (Å²) in [5.74, 6) is 0.824. The molecule has 4 rings (SSSR count). The highest BCUT2D eigenvalue weighted by atomic mass is 16.5. The maximum atomic E-state index is 11.7. The van der Waals surface area contributed by atoms with Crippen LogP contribution in [-0.2, 0) is 7.05 Å². The predicted molar refractivity (Wildman–Crippen MR) is 88.5 cm³/mol. The number of aromatic nitrogens is 4. The molecule has 0 unspecified atom stereocenters. The molecule has 0 fully saturated rings. The Kier molecular flexibility index (Phi) is 3.13. The Morgan fingerprint density at radius 1 is 1.04 bits per heavy atom. The van der Waals surface area contributed by atoms with Gasteiger partial charge in [-0.2, -0.15) is 4.98 Å². The van der Waals surface area contributed by atoms with E-state index in [0.29, 0.717) is 28.3 Å². The third-order valence-corrected chi connectivity index (χ3v) is 3.81. The normalized spacial score (nSPS) is 11.0. The maximum Gasteiger partial charge on any atom is 0.316 e. The summed E-state index contributed by atoms with van der Waals surface area (Å²) in [5, 5.41) is 3.99. The zero-order valence-corrected chi connectivity index (χ0v) is 12.7. The molecule has 2 aromatic carbocycles. The Morgan fingerprint density at radius 3 is 2.62 bits per heavy atom. The van der Waals surface area contributed by atoms with Crippen LogP contribution in [0, 0.1) is 0 Å². The summed E-state index contributed by atoms with van der Waals surface area (Å²) in [7, 11) is 1.56. The number of hydrogen-bond donors (Lipinski definition) is 1. The Hall–Kier alpha value is -3.48. The number of hydrogen-bond acceptors (Lipinski definition) is 5. The quantitative estimate of drug-likeness (QED) is 0.570. The lowest BCUT2D eigenvalue weighted by molar-refractivity contribution is 0.432. The lowest BCUT2D eigenvalue weighted by atomic mass is 10.2. The van der Waals surface area contributed by atoms with Crippen LogP contribution in [0.15, 0.2) is 62.6 Å².